The number of benzene rings is 2. The molecule has 0 bridgehead atoms. The Morgan fingerprint density at radius 3 is 2.10 bits per heavy atom. The van der Waals surface area contributed by atoms with E-state index in [1.807, 2.05) is 58.0 Å². The number of nitrogens with one attached hydrogen (secondary N) is 1. The molecule has 1 N–H and O–H groups in total. The molecular weight excluding hydrogens is 367 g/mol. The number of amides is 2. The standard InChI is InChI=1S/C24H31FN2O2/c1-17(2)15-26-23(28)22(14-19-8-6-5-7-9-19)27(24(29)18(3)4)16-20-10-12-21(25)13-11-20/h5-13,17-18,22H,14-16H2,1-4H3,(H,26,28)/t22-/m1/s1. The van der Waals surface area contributed by atoms with E-state index in [0.29, 0.717) is 18.9 Å². The normalized spacial score (nSPS) is 12.1. The molecule has 0 aliphatic rings. The van der Waals surface area contributed by atoms with Crippen LogP contribution in [0.2, 0.25) is 0 Å². The summed E-state index contributed by atoms with van der Waals surface area (Å²) in [6.07, 6.45) is 0.421. The Bertz CT molecular complexity index is 788. The lowest BCUT2D eigenvalue weighted by Gasteiger charge is -2.33. The van der Waals surface area contributed by atoms with Crippen LogP contribution in [0.5, 0.6) is 0 Å². The van der Waals surface area contributed by atoms with Crippen LogP contribution in [0.15, 0.2) is 54.6 Å². The second-order valence-corrected chi connectivity index (χ2v) is 8.09. The van der Waals surface area contributed by atoms with Crippen molar-refractivity contribution in [3.05, 3.63) is 71.5 Å². The second-order valence-electron chi connectivity index (χ2n) is 8.09. The Balaban J connectivity index is 2.36. The lowest BCUT2D eigenvalue weighted by molar-refractivity contribution is -0.143. The lowest BCUT2D eigenvalue weighted by atomic mass is 10.0. The molecule has 0 spiro atoms. The molecule has 0 aromatic heterocycles. The molecule has 5 heteroatoms. The van der Waals surface area contributed by atoms with Gasteiger partial charge in [-0.15, -0.1) is 0 Å². The van der Waals surface area contributed by atoms with Gasteiger partial charge in [-0.05, 0) is 29.2 Å². The van der Waals surface area contributed by atoms with Crippen LogP contribution >= 0.6 is 0 Å². The summed E-state index contributed by atoms with van der Waals surface area (Å²) in [4.78, 5) is 27.8. The van der Waals surface area contributed by atoms with Crippen molar-refractivity contribution in [1.29, 1.82) is 0 Å². The maximum Gasteiger partial charge on any atom is 0.243 e. The molecule has 0 heterocycles. The van der Waals surface area contributed by atoms with Crippen LogP contribution < -0.4 is 5.32 Å². The van der Waals surface area contributed by atoms with Gasteiger partial charge in [0.25, 0.3) is 0 Å². The molecule has 2 rings (SSSR count). The monoisotopic (exact) mass is 398 g/mol. The average molecular weight is 399 g/mol. The SMILES string of the molecule is CC(C)CNC(=O)[C@@H](Cc1ccccc1)N(Cc1ccc(F)cc1)C(=O)C(C)C. The maximum atomic E-state index is 13.3. The molecule has 156 valence electrons. The molecule has 0 radical (unpaired) electrons. The summed E-state index contributed by atoms with van der Waals surface area (Å²) in [6, 6.07) is 15.1. The molecule has 4 nitrogen and oxygen atoms in total. The van der Waals surface area contributed by atoms with Crippen molar-refractivity contribution in [3.63, 3.8) is 0 Å². The summed E-state index contributed by atoms with van der Waals surface area (Å²) in [7, 11) is 0. The van der Waals surface area contributed by atoms with Gasteiger partial charge in [0.1, 0.15) is 11.9 Å². The van der Waals surface area contributed by atoms with Crippen molar-refractivity contribution in [2.75, 3.05) is 6.54 Å². The van der Waals surface area contributed by atoms with Crippen LogP contribution in [-0.2, 0) is 22.6 Å². The zero-order valence-corrected chi connectivity index (χ0v) is 17.7. The second kappa shape index (κ2) is 10.7. The van der Waals surface area contributed by atoms with Gasteiger partial charge in [0.2, 0.25) is 11.8 Å². The molecular formula is C24H31FN2O2. The van der Waals surface area contributed by atoms with Crippen molar-refractivity contribution in [2.24, 2.45) is 11.8 Å². The Kier molecular flexibility index (Phi) is 8.37. The van der Waals surface area contributed by atoms with Crippen LogP contribution in [-0.4, -0.2) is 29.3 Å². The Hall–Kier alpha value is -2.69. The number of carbonyl (C=O) groups excluding carboxylic acids is 2. The van der Waals surface area contributed by atoms with Gasteiger partial charge in [-0.25, -0.2) is 4.39 Å². The first-order chi connectivity index (χ1) is 13.8. The molecule has 0 fully saturated rings. The maximum absolute atomic E-state index is 13.3. The highest BCUT2D eigenvalue weighted by Crippen LogP contribution is 2.17. The molecule has 2 aromatic rings. The third-order valence-electron chi connectivity index (χ3n) is 4.68. The predicted octanol–water partition coefficient (Wildman–Crippen LogP) is 4.19. The topological polar surface area (TPSA) is 49.4 Å². The Morgan fingerprint density at radius 1 is 0.931 bits per heavy atom. The Morgan fingerprint density at radius 2 is 1.55 bits per heavy atom. The van der Waals surface area contributed by atoms with E-state index in [1.54, 1.807) is 17.0 Å². The molecule has 0 aliphatic carbocycles. The van der Waals surface area contributed by atoms with Gasteiger partial charge < -0.3 is 10.2 Å². The van der Waals surface area contributed by atoms with Gasteiger partial charge in [0, 0.05) is 25.4 Å². The zero-order chi connectivity index (χ0) is 21.4. The van der Waals surface area contributed by atoms with Crippen molar-refractivity contribution in [3.8, 4) is 0 Å². The minimum atomic E-state index is -0.642. The molecule has 0 saturated carbocycles. The fraction of sp³-hybridized carbons (Fsp3) is 0.417. The largest absolute Gasteiger partial charge is 0.354 e. The highest BCUT2D eigenvalue weighted by Gasteiger charge is 2.31. The molecule has 0 unspecified atom stereocenters. The minimum Gasteiger partial charge on any atom is -0.354 e. The quantitative estimate of drug-likeness (QED) is 0.688. The summed E-state index contributed by atoms with van der Waals surface area (Å²) >= 11 is 0. The zero-order valence-electron chi connectivity index (χ0n) is 17.7. The van der Waals surface area contributed by atoms with Crippen LogP contribution in [0.4, 0.5) is 4.39 Å². The summed E-state index contributed by atoms with van der Waals surface area (Å²) in [5.41, 5.74) is 1.77. The van der Waals surface area contributed by atoms with Crippen LogP contribution in [0, 0.1) is 17.7 Å². The van der Waals surface area contributed by atoms with Crippen LogP contribution in [0.1, 0.15) is 38.8 Å². The fourth-order valence-corrected chi connectivity index (χ4v) is 3.06. The van der Waals surface area contributed by atoms with Gasteiger partial charge >= 0.3 is 0 Å². The summed E-state index contributed by atoms with van der Waals surface area (Å²) < 4.78 is 13.3. The summed E-state index contributed by atoms with van der Waals surface area (Å²) in [6.45, 7) is 8.51. The first kappa shape index (κ1) is 22.6. The average Bonchev–Trinajstić information content (AvgIpc) is 2.70. The van der Waals surface area contributed by atoms with Crippen LogP contribution in [0.25, 0.3) is 0 Å². The lowest BCUT2D eigenvalue weighted by Crippen LogP contribution is -2.52. The number of carbonyl (C=O) groups is 2. The van der Waals surface area contributed by atoms with Crippen molar-refractivity contribution in [1.82, 2.24) is 10.2 Å². The molecule has 0 aliphatic heterocycles. The number of rotatable bonds is 9. The highest BCUT2D eigenvalue weighted by atomic mass is 19.1. The van der Waals surface area contributed by atoms with Gasteiger partial charge in [0.15, 0.2) is 0 Å². The van der Waals surface area contributed by atoms with Crippen molar-refractivity contribution < 1.29 is 14.0 Å². The third-order valence-corrected chi connectivity index (χ3v) is 4.68. The Labute approximate surface area is 173 Å². The smallest absolute Gasteiger partial charge is 0.243 e. The van der Waals surface area contributed by atoms with Gasteiger partial charge in [-0.2, -0.15) is 0 Å². The minimum absolute atomic E-state index is 0.102. The fourth-order valence-electron chi connectivity index (χ4n) is 3.06. The number of hydrogen-bond acceptors (Lipinski definition) is 2. The van der Waals surface area contributed by atoms with E-state index < -0.39 is 6.04 Å². The van der Waals surface area contributed by atoms with Crippen molar-refractivity contribution >= 4 is 11.8 Å². The van der Waals surface area contributed by atoms with E-state index >= 15 is 0 Å². The molecule has 1 atom stereocenters. The number of nitrogens with zero attached hydrogens (tertiary/aromatic N) is 1. The van der Waals surface area contributed by atoms with E-state index in [1.165, 1.54) is 12.1 Å². The van der Waals surface area contributed by atoms with E-state index in [4.69, 9.17) is 0 Å². The summed E-state index contributed by atoms with van der Waals surface area (Å²) in [5.74, 6) is -0.547. The van der Waals surface area contributed by atoms with E-state index in [2.05, 4.69) is 5.32 Å². The molecule has 29 heavy (non-hydrogen) atoms. The van der Waals surface area contributed by atoms with Gasteiger partial charge in [-0.3, -0.25) is 9.59 Å². The summed E-state index contributed by atoms with van der Waals surface area (Å²) in [5, 5.41) is 2.98. The first-order valence-corrected chi connectivity index (χ1v) is 10.1. The number of hydrogen-bond donors (Lipinski definition) is 1. The molecule has 2 amide bonds. The molecule has 2 aromatic carbocycles. The predicted molar refractivity (Wildman–Crippen MR) is 114 cm³/mol. The van der Waals surface area contributed by atoms with E-state index in [-0.39, 0.29) is 30.1 Å². The number of halogens is 1. The van der Waals surface area contributed by atoms with Gasteiger partial charge in [0.05, 0.1) is 0 Å². The third kappa shape index (κ3) is 7.00. The molecule has 0 saturated heterocycles. The van der Waals surface area contributed by atoms with Crippen molar-refractivity contribution in [2.45, 2.75) is 46.7 Å². The first-order valence-electron chi connectivity index (χ1n) is 10.1. The van der Waals surface area contributed by atoms with E-state index in [9.17, 15) is 14.0 Å². The van der Waals surface area contributed by atoms with Gasteiger partial charge in [-0.1, -0.05) is 70.2 Å². The highest BCUT2D eigenvalue weighted by molar-refractivity contribution is 5.88. The van der Waals surface area contributed by atoms with E-state index in [0.717, 1.165) is 11.1 Å². The van der Waals surface area contributed by atoms with Crippen LogP contribution in [0.3, 0.4) is 0 Å².